The quantitative estimate of drug-likeness (QED) is 0.504. The molecule has 13 heavy (non-hydrogen) atoms. The van der Waals surface area contributed by atoms with Gasteiger partial charge in [0.25, 0.3) is 0 Å². The molecule has 0 unspecified atom stereocenters. The van der Waals surface area contributed by atoms with E-state index in [9.17, 15) is 4.79 Å². The Bertz CT molecular complexity index is 285. The number of hydrogen-bond acceptors (Lipinski definition) is 4. The molecule has 0 aromatic carbocycles. The fourth-order valence-corrected chi connectivity index (χ4v) is 0.772. The van der Waals surface area contributed by atoms with Gasteiger partial charge in [-0.25, -0.2) is 0 Å². The standard InChI is InChI=1S/C9H10N2O2/c1-2-5-13-9(12)6-8-7-10-3-4-11-8/h2-4,7H,1,5-6H2. The van der Waals surface area contributed by atoms with Crippen molar-refractivity contribution in [3.63, 3.8) is 0 Å². The van der Waals surface area contributed by atoms with E-state index in [1.54, 1.807) is 6.20 Å². The molecule has 0 fully saturated rings. The van der Waals surface area contributed by atoms with E-state index >= 15 is 0 Å². The molecular weight excluding hydrogens is 168 g/mol. The van der Waals surface area contributed by atoms with Crippen LogP contribution in [0.4, 0.5) is 0 Å². The van der Waals surface area contributed by atoms with Crippen molar-refractivity contribution in [2.75, 3.05) is 6.61 Å². The lowest BCUT2D eigenvalue weighted by molar-refractivity contribution is -0.141. The molecule has 0 atom stereocenters. The van der Waals surface area contributed by atoms with E-state index in [-0.39, 0.29) is 19.0 Å². The van der Waals surface area contributed by atoms with Crippen molar-refractivity contribution in [1.82, 2.24) is 9.97 Å². The van der Waals surface area contributed by atoms with Gasteiger partial charge in [0.1, 0.15) is 6.61 Å². The van der Waals surface area contributed by atoms with Crippen molar-refractivity contribution in [2.45, 2.75) is 6.42 Å². The fraction of sp³-hybridized carbons (Fsp3) is 0.222. The molecular formula is C9H10N2O2. The largest absolute Gasteiger partial charge is 0.461 e. The molecule has 4 nitrogen and oxygen atoms in total. The van der Waals surface area contributed by atoms with E-state index in [4.69, 9.17) is 4.74 Å². The first-order valence-corrected chi connectivity index (χ1v) is 3.84. The lowest BCUT2D eigenvalue weighted by atomic mass is 10.3. The summed E-state index contributed by atoms with van der Waals surface area (Å²) in [4.78, 5) is 18.8. The van der Waals surface area contributed by atoms with Crippen molar-refractivity contribution >= 4 is 5.97 Å². The van der Waals surface area contributed by atoms with Crippen LogP contribution < -0.4 is 0 Å². The van der Waals surface area contributed by atoms with Gasteiger partial charge in [0, 0.05) is 18.6 Å². The van der Waals surface area contributed by atoms with Crippen LogP contribution >= 0.6 is 0 Å². The smallest absolute Gasteiger partial charge is 0.312 e. The van der Waals surface area contributed by atoms with Crippen LogP contribution in [0.3, 0.4) is 0 Å². The van der Waals surface area contributed by atoms with E-state index in [0.29, 0.717) is 5.69 Å². The third kappa shape index (κ3) is 3.46. The predicted octanol–water partition coefficient (Wildman–Crippen LogP) is 0.748. The molecule has 4 heteroatoms. The molecule has 1 rings (SSSR count). The topological polar surface area (TPSA) is 52.1 Å². The van der Waals surface area contributed by atoms with Crippen molar-refractivity contribution in [3.8, 4) is 0 Å². The number of ether oxygens (including phenoxy) is 1. The lowest BCUT2D eigenvalue weighted by Crippen LogP contribution is -2.09. The van der Waals surface area contributed by atoms with Crippen molar-refractivity contribution < 1.29 is 9.53 Å². The van der Waals surface area contributed by atoms with Gasteiger partial charge in [0.05, 0.1) is 12.1 Å². The van der Waals surface area contributed by atoms with Crippen molar-refractivity contribution in [1.29, 1.82) is 0 Å². The molecule has 0 saturated carbocycles. The molecule has 68 valence electrons. The van der Waals surface area contributed by atoms with E-state index in [1.165, 1.54) is 18.5 Å². The van der Waals surface area contributed by atoms with Crippen LogP contribution in [0, 0.1) is 0 Å². The summed E-state index contributed by atoms with van der Waals surface area (Å²) in [6, 6.07) is 0. The van der Waals surface area contributed by atoms with Gasteiger partial charge in [-0.05, 0) is 0 Å². The summed E-state index contributed by atoms with van der Waals surface area (Å²) in [6.07, 6.45) is 6.31. The van der Waals surface area contributed by atoms with Crippen LogP contribution in [-0.2, 0) is 16.0 Å². The maximum atomic E-state index is 11.0. The minimum atomic E-state index is -0.319. The zero-order chi connectivity index (χ0) is 9.52. The highest BCUT2D eigenvalue weighted by Gasteiger charge is 2.03. The SMILES string of the molecule is C=CCOC(=O)Cc1cnccn1. The highest BCUT2D eigenvalue weighted by atomic mass is 16.5. The second-order valence-corrected chi connectivity index (χ2v) is 2.35. The maximum Gasteiger partial charge on any atom is 0.312 e. The Kier molecular flexibility index (Phi) is 3.63. The summed E-state index contributed by atoms with van der Waals surface area (Å²) >= 11 is 0. The highest BCUT2D eigenvalue weighted by molar-refractivity contribution is 5.71. The van der Waals surface area contributed by atoms with E-state index < -0.39 is 0 Å². The third-order valence-electron chi connectivity index (χ3n) is 1.30. The van der Waals surface area contributed by atoms with Gasteiger partial charge in [-0.1, -0.05) is 12.7 Å². The Hall–Kier alpha value is -1.71. The van der Waals surface area contributed by atoms with Crippen molar-refractivity contribution in [3.05, 3.63) is 36.9 Å². The van der Waals surface area contributed by atoms with Crippen LogP contribution in [0.5, 0.6) is 0 Å². The molecule has 1 aromatic rings. The Morgan fingerprint density at radius 1 is 1.62 bits per heavy atom. The molecule has 0 saturated heterocycles. The number of esters is 1. The average molecular weight is 178 g/mol. The van der Waals surface area contributed by atoms with Crippen LogP contribution in [0.15, 0.2) is 31.2 Å². The van der Waals surface area contributed by atoms with Gasteiger partial charge in [-0.2, -0.15) is 0 Å². The monoisotopic (exact) mass is 178 g/mol. The van der Waals surface area contributed by atoms with Crippen LogP contribution in [0.25, 0.3) is 0 Å². The molecule has 1 heterocycles. The Labute approximate surface area is 76.3 Å². The van der Waals surface area contributed by atoms with Crippen LogP contribution in [0.2, 0.25) is 0 Å². The summed E-state index contributed by atoms with van der Waals surface area (Å²) in [5.41, 5.74) is 0.608. The van der Waals surface area contributed by atoms with Gasteiger partial charge in [-0.3, -0.25) is 14.8 Å². The fourth-order valence-electron chi connectivity index (χ4n) is 0.772. The number of hydrogen-bond donors (Lipinski definition) is 0. The van der Waals surface area contributed by atoms with E-state index in [1.807, 2.05) is 0 Å². The first-order valence-electron chi connectivity index (χ1n) is 3.84. The summed E-state index contributed by atoms with van der Waals surface area (Å²) < 4.78 is 4.77. The molecule has 0 spiro atoms. The van der Waals surface area contributed by atoms with Crippen molar-refractivity contribution in [2.24, 2.45) is 0 Å². The summed E-state index contributed by atoms with van der Waals surface area (Å²) in [5.74, 6) is -0.319. The number of carbonyl (C=O) groups excluding carboxylic acids is 1. The molecule has 0 N–H and O–H groups in total. The highest BCUT2D eigenvalue weighted by Crippen LogP contribution is 1.93. The van der Waals surface area contributed by atoms with Gasteiger partial charge in [-0.15, -0.1) is 0 Å². The zero-order valence-corrected chi connectivity index (χ0v) is 7.14. The summed E-state index contributed by atoms with van der Waals surface area (Å²) in [7, 11) is 0. The summed E-state index contributed by atoms with van der Waals surface area (Å²) in [6.45, 7) is 3.67. The van der Waals surface area contributed by atoms with Crippen LogP contribution in [-0.4, -0.2) is 22.5 Å². The second-order valence-electron chi connectivity index (χ2n) is 2.35. The minimum absolute atomic E-state index is 0.154. The number of nitrogens with zero attached hydrogens (tertiary/aromatic N) is 2. The third-order valence-corrected chi connectivity index (χ3v) is 1.30. The number of rotatable bonds is 4. The molecule has 0 bridgehead atoms. The van der Waals surface area contributed by atoms with Gasteiger partial charge in [0.15, 0.2) is 0 Å². The first kappa shape index (κ1) is 9.38. The molecule has 0 amide bonds. The van der Waals surface area contributed by atoms with Gasteiger partial charge < -0.3 is 4.74 Å². The van der Waals surface area contributed by atoms with E-state index in [2.05, 4.69) is 16.5 Å². The average Bonchev–Trinajstić information content (AvgIpc) is 2.16. The Morgan fingerprint density at radius 2 is 2.46 bits per heavy atom. The normalized spacial score (nSPS) is 9.23. The van der Waals surface area contributed by atoms with Gasteiger partial charge in [0.2, 0.25) is 0 Å². The zero-order valence-electron chi connectivity index (χ0n) is 7.14. The predicted molar refractivity (Wildman–Crippen MR) is 46.9 cm³/mol. The first-order chi connectivity index (χ1) is 6.33. The maximum absolute atomic E-state index is 11.0. The van der Waals surface area contributed by atoms with E-state index in [0.717, 1.165) is 0 Å². The molecule has 0 aliphatic rings. The molecule has 0 aliphatic carbocycles. The molecule has 0 radical (unpaired) electrons. The lowest BCUT2D eigenvalue weighted by Gasteiger charge is -1.99. The Balaban J connectivity index is 2.41. The molecule has 0 aliphatic heterocycles. The van der Waals surface area contributed by atoms with Crippen LogP contribution in [0.1, 0.15) is 5.69 Å². The Morgan fingerprint density at radius 3 is 3.08 bits per heavy atom. The second kappa shape index (κ2) is 5.03. The minimum Gasteiger partial charge on any atom is -0.461 e. The number of aromatic nitrogens is 2. The molecule has 1 aromatic heterocycles. The number of carbonyl (C=O) groups is 1. The summed E-state index contributed by atoms with van der Waals surface area (Å²) in [5, 5.41) is 0. The van der Waals surface area contributed by atoms with Gasteiger partial charge >= 0.3 is 5.97 Å².